The lowest BCUT2D eigenvalue weighted by atomic mass is 9.80. The lowest BCUT2D eigenvalue weighted by Crippen LogP contribution is -2.50. The van der Waals surface area contributed by atoms with Gasteiger partial charge in [0.05, 0.1) is 0 Å². The van der Waals surface area contributed by atoms with Crippen LogP contribution in [0.1, 0.15) is 52.4 Å². The van der Waals surface area contributed by atoms with E-state index in [-0.39, 0.29) is 5.92 Å². The van der Waals surface area contributed by atoms with Crippen molar-refractivity contribution in [1.82, 2.24) is 9.80 Å². The van der Waals surface area contributed by atoms with Crippen molar-refractivity contribution in [3.63, 3.8) is 0 Å². The molecule has 0 bridgehead atoms. The summed E-state index contributed by atoms with van der Waals surface area (Å²) in [5.41, 5.74) is 0. The Kier molecular flexibility index (Phi) is 5.68. The molecular weight excluding hydrogens is 236 g/mol. The highest BCUT2D eigenvalue weighted by Crippen LogP contribution is 2.31. The van der Waals surface area contributed by atoms with Crippen LogP contribution < -0.4 is 0 Å². The lowest BCUT2D eigenvalue weighted by molar-refractivity contribution is -0.138. The molecule has 0 aromatic rings. The van der Waals surface area contributed by atoms with Crippen molar-refractivity contribution in [3.05, 3.63) is 0 Å². The fourth-order valence-electron chi connectivity index (χ4n) is 3.63. The molecule has 1 aliphatic heterocycles. The third-order valence-corrected chi connectivity index (χ3v) is 4.97. The zero-order valence-electron chi connectivity index (χ0n) is 12.7. The Bertz CT molecular complexity index is 278. The SMILES string of the molecule is CCCN1CCN(C(=O)C(C)C2CCCCC2)CC1. The van der Waals surface area contributed by atoms with Crippen molar-refractivity contribution in [2.24, 2.45) is 11.8 Å². The van der Waals surface area contributed by atoms with E-state index < -0.39 is 0 Å². The fourth-order valence-corrected chi connectivity index (χ4v) is 3.63. The highest BCUT2D eigenvalue weighted by Gasteiger charge is 2.30. The molecule has 1 aliphatic carbocycles. The molecule has 1 heterocycles. The Hall–Kier alpha value is -0.570. The molecule has 2 aliphatic rings. The Morgan fingerprint density at radius 1 is 1.11 bits per heavy atom. The van der Waals surface area contributed by atoms with Gasteiger partial charge in [-0.25, -0.2) is 0 Å². The predicted octanol–water partition coefficient (Wildman–Crippen LogP) is 2.76. The molecule has 2 rings (SSSR count). The van der Waals surface area contributed by atoms with Crippen LogP contribution in [-0.2, 0) is 4.79 Å². The highest BCUT2D eigenvalue weighted by molar-refractivity contribution is 5.79. The molecule has 2 fully saturated rings. The van der Waals surface area contributed by atoms with Crippen molar-refractivity contribution in [1.29, 1.82) is 0 Å². The maximum Gasteiger partial charge on any atom is 0.225 e. The average molecular weight is 266 g/mol. The summed E-state index contributed by atoms with van der Waals surface area (Å²) < 4.78 is 0. The van der Waals surface area contributed by atoms with Gasteiger partial charge in [0.1, 0.15) is 0 Å². The summed E-state index contributed by atoms with van der Waals surface area (Å²) in [5.74, 6) is 1.32. The Balaban J connectivity index is 1.79. The zero-order valence-corrected chi connectivity index (χ0v) is 12.7. The molecule has 1 atom stereocenters. The molecule has 1 saturated heterocycles. The van der Waals surface area contributed by atoms with Crippen molar-refractivity contribution in [3.8, 4) is 0 Å². The van der Waals surface area contributed by atoms with Crippen molar-refractivity contribution < 1.29 is 4.79 Å². The van der Waals surface area contributed by atoms with Crippen LogP contribution in [-0.4, -0.2) is 48.4 Å². The van der Waals surface area contributed by atoms with Crippen molar-refractivity contribution in [2.45, 2.75) is 52.4 Å². The van der Waals surface area contributed by atoms with Gasteiger partial charge in [-0.2, -0.15) is 0 Å². The monoisotopic (exact) mass is 266 g/mol. The lowest BCUT2D eigenvalue weighted by Gasteiger charge is -2.37. The van der Waals surface area contributed by atoms with Gasteiger partial charge >= 0.3 is 0 Å². The van der Waals surface area contributed by atoms with Crippen molar-refractivity contribution in [2.75, 3.05) is 32.7 Å². The molecule has 0 aromatic carbocycles. The summed E-state index contributed by atoms with van der Waals surface area (Å²) >= 11 is 0. The minimum atomic E-state index is 0.248. The van der Waals surface area contributed by atoms with Gasteiger partial charge in [-0.15, -0.1) is 0 Å². The minimum Gasteiger partial charge on any atom is -0.340 e. The van der Waals surface area contributed by atoms with E-state index in [0.717, 1.165) is 26.2 Å². The summed E-state index contributed by atoms with van der Waals surface area (Å²) in [7, 11) is 0. The number of amides is 1. The Morgan fingerprint density at radius 3 is 2.32 bits per heavy atom. The summed E-state index contributed by atoms with van der Waals surface area (Å²) in [6.45, 7) is 9.58. The summed E-state index contributed by atoms with van der Waals surface area (Å²) in [4.78, 5) is 17.2. The maximum atomic E-state index is 12.6. The summed E-state index contributed by atoms with van der Waals surface area (Å²) in [6, 6.07) is 0. The first-order chi connectivity index (χ1) is 9.22. The van der Waals surface area contributed by atoms with Gasteiger partial charge in [-0.05, 0) is 31.7 Å². The van der Waals surface area contributed by atoms with Gasteiger partial charge in [-0.3, -0.25) is 9.69 Å². The van der Waals surface area contributed by atoms with E-state index in [9.17, 15) is 4.79 Å². The summed E-state index contributed by atoms with van der Waals surface area (Å²) in [6.07, 6.45) is 7.77. The number of hydrogen-bond acceptors (Lipinski definition) is 2. The smallest absolute Gasteiger partial charge is 0.225 e. The number of carbonyl (C=O) groups excluding carboxylic acids is 1. The third kappa shape index (κ3) is 3.95. The molecule has 1 saturated carbocycles. The molecule has 0 N–H and O–H groups in total. The second-order valence-corrected chi connectivity index (χ2v) is 6.35. The van der Waals surface area contributed by atoms with Crippen molar-refractivity contribution >= 4 is 5.91 Å². The minimum absolute atomic E-state index is 0.248. The molecule has 1 unspecified atom stereocenters. The van der Waals surface area contributed by atoms with Gasteiger partial charge in [0, 0.05) is 32.1 Å². The van der Waals surface area contributed by atoms with Gasteiger partial charge in [0.15, 0.2) is 0 Å². The van der Waals surface area contributed by atoms with Crippen LogP contribution >= 0.6 is 0 Å². The first kappa shape index (κ1) is 14.8. The number of hydrogen-bond donors (Lipinski definition) is 0. The third-order valence-electron chi connectivity index (χ3n) is 4.97. The topological polar surface area (TPSA) is 23.6 Å². The zero-order chi connectivity index (χ0) is 13.7. The van der Waals surface area contributed by atoms with Gasteiger partial charge in [0.2, 0.25) is 5.91 Å². The number of carbonyl (C=O) groups is 1. The molecule has 19 heavy (non-hydrogen) atoms. The van der Waals surface area contributed by atoms with Gasteiger partial charge < -0.3 is 4.90 Å². The maximum absolute atomic E-state index is 12.6. The van der Waals surface area contributed by atoms with Crippen LogP contribution in [0, 0.1) is 11.8 Å². The first-order valence-corrected chi connectivity index (χ1v) is 8.23. The van der Waals surface area contributed by atoms with E-state index in [4.69, 9.17) is 0 Å². The molecule has 3 heteroatoms. The molecular formula is C16H30N2O. The van der Waals surface area contributed by atoms with Crippen LogP contribution in [0.2, 0.25) is 0 Å². The summed E-state index contributed by atoms with van der Waals surface area (Å²) in [5, 5.41) is 0. The second-order valence-electron chi connectivity index (χ2n) is 6.35. The van der Waals surface area contributed by atoms with E-state index in [1.807, 2.05) is 0 Å². The predicted molar refractivity (Wildman–Crippen MR) is 79.1 cm³/mol. The fraction of sp³-hybridized carbons (Fsp3) is 0.938. The highest BCUT2D eigenvalue weighted by atomic mass is 16.2. The van der Waals surface area contributed by atoms with Crippen LogP contribution in [0.4, 0.5) is 0 Å². The molecule has 0 aromatic heterocycles. The number of nitrogens with zero attached hydrogens (tertiary/aromatic N) is 2. The largest absolute Gasteiger partial charge is 0.340 e. The Labute approximate surface area is 118 Å². The van der Waals surface area contributed by atoms with E-state index in [1.165, 1.54) is 45.1 Å². The number of rotatable bonds is 4. The van der Waals surface area contributed by atoms with E-state index in [1.54, 1.807) is 0 Å². The van der Waals surface area contributed by atoms with Gasteiger partial charge in [0.25, 0.3) is 0 Å². The average Bonchev–Trinajstić information content (AvgIpc) is 2.48. The number of piperazine rings is 1. The van der Waals surface area contributed by atoms with Crippen LogP contribution in [0.25, 0.3) is 0 Å². The standard InChI is InChI=1S/C16H30N2O/c1-3-9-17-10-12-18(13-11-17)16(19)14(2)15-7-5-4-6-8-15/h14-15H,3-13H2,1-2H3. The van der Waals surface area contributed by atoms with Crippen LogP contribution in [0.3, 0.4) is 0 Å². The van der Waals surface area contributed by atoms with Crippen LogP contribution in [0.5, 0.6) is 0 Å². The normalized spacial score (nSPS) is 24.4. The van der Waals surface area contributed by atoms with Crippen LogP contribution in [0.15, 0.2) is 0 Å². The molecule has 110 valence electrons. The molecule has 1 amide bonds. The molecule has 3 nitrogen and oxygen atoms in total. The van der Waals surface area contributed by atoms with E-state index in [2.05, 4.69) is 23.6 Å². The van der Waals surface area contributed by atoms with E-state index >= 15 is 0 Å². The second kappa shape index (κ2) is 7.28. The molecule has 0 spiro atoms. The van der Waals surface area contributed by atoms with E-state index in [0.29, 0.717) is 11.8 Å². The quantitative estimate of drug-likeness (QED) is 0.781. The first-order valence-electron chi connectivity index (χ1n) is 8.23. The van der Waals surface area contributed by atoms with Gasteiger partial charge in [-0.1, -0.05) is 33.1 Å². The molecule has 0 radical (unpaired) electrons. The Morgan fingerprint density at radius 2 is 1.74 bits per heavy atom.